The second-order valence-electron chi connectivity index (χ2n) is 5.19. The van der Waals surface area contributed by atoms with E-state index in [1.807, 2.05) is 17.8 Å². The minimum absolute atomic E-state index is 0.187. The highest BCUT2D eigenvalue weighted by Crippen LogP contribution is 2.34. The van der Waals surface area contributed by atoms with Gasteiger partial charge in [-0.05, 0) is 31.1 Å². The SMILES string of the molecule is CC1CCC(C(=O)c2nccn2C)CC1C. The van der Waals surface area contributed by atoms with Crippen LogP contribution in [0.1, 0.15) is 43.7 Å². The molecule has 88 valence electrons. The average molecular weight is 220 g/mol. The van der Waals surface area contributed by atoms with Crippen LogP contribution >= 0.6 is 0 Å². The van der Waals surface area contributed by atoms with Gasteiger partial charge < -0.3 is 4.57 Å². The zero-order valence-corrected chi connectivity index (χ0v) is 10.3. The number of hydrogen-bond donors (Lipinski definition) is 0. The number of aryl methyl sites for hydroxylation is 1. The minimum atomic E-state index is 0.187. The molecule has 0 aliphatic heterocycles. The van der Waals surface area contributed by atoms with Crippen LogP contribution in [0.25, 0.3) is 0 Å². The Morgan fingerprint density at radius 2 is 2.12 bits per heavy atom. The molecule has 1 saturated carbocycles. The Balaban J connectivity index is 2.09. The van der Waals surface area contributed by atoms with Crippen LogP contribution in [0.4, 0.5) is 0 Å². The Bertz CT molecular complexity index is 383. The van der Waals surface area contributed by atoms with E-state index in [0.717, 1.165) is 18.8 Å². The van der Waals surface area contributed by atoms with Crippen molar-refractivity contribution in [2.24, 2.45) is 24.8 Å². The summed E-state index contributed by atoms with van der Waals surface area (Å²) in [5.41, 5.74) is 0. The first-order chi connectivity index (χ1) is 7.59. The fourth-order valence-corrected chi connectivity index (χ4v) is 2.57. The summed E-state index contributed by atoms with van der Waals surface area (Å²) in [6.45, 7) is 4.54. The van der Waals surface area contributed by atoms with Gasteiger partial charge in [-0.25, -0.2) is 4.98 Å². The maximum Gasteiger partial charge on any atom is 0.201 e. The first-order valence-corrected chi connectivity index (χ1v) is 6.11. The van der Waals surface area contributed by atoms with Crippen molar-refractivity contribution in [1.82, 2.24) is 9.55 Å². The first-order valence-electron chi connectivity index (χ1n) is 6.11. The van der Waals surface area contributed by atoms with Crippen LogP contribution in [0.2, 0.25) is 0 Å². The Labute approximate surface area is 96.9 Å². The maximum atomic E-state index is 12.3. The van der Waals surface area contributed by atoms with E-state index in [1.165, 1.54) is 6.42 Å². The van der Waals surface area contributed by atoms with E-state index in [4.69, 9.17) is 0 Å². The molecule has 3 atom stereocenters. The van der Waals surface area contributed by atoms with E-state index >= 15 is 0 Å². The fourth-order valence-electron chi connectivity index (χ4n) is 2.57. The minimum Gasteiger partial charge on any atom is -0.332 e. The Hall–Kier alpha value is -1.12. The summed E-state index contributed by atoms with van der Waals surface area (Å²) in [5.74, 6) is 2.44. The maximum absolute atomic E-state index is 12.3. The molecular formula is C13H20N2O. The van der Waals surface area contributed by atoms with Crippen LogP contribution in [-0.2, 0) is 7.05 Å². The summed E-state index contributed by atoms with van der Waals surface area (Å²) >= 11 is 0. The van der Waals surface area contributed by atoms with Crippen molar-refractivity contribution in [1.29, 1.82) is 0 Å². The molecule has 3 nitrogen and oxygen atoms in total. The number of aromatic nitrogens is 2. The monoisotopic (exact) mass is 220 g/mol. The van der Waals surface area contributed by atoms with Crippen LogP contribution in [-0.4, -0.2) is 15.3 Å². The van der Waals surface area contributed by atoms with E-state index in [1.54, 1.807) is 6.20 Å². The molecule has 0 saturated heterocycles. The second-order valence-corrected chi connectivity index (χ2v) is 5.19. The van der Waals surface area contributed by atoms with Crippen molar-refractivity contribution in [3.8, 4) is 0 Å². The largest absolute Gasteiger partial charge is 0.332 e. The van der Waals surface area contributed by atoms with Crippen molar-refractivity contribution >= 4 is 5.78 Å². The smallest absolute Gasteiger partial charge is 0.201 e. The molecule has 1 aromatic heterocycles. The van der Waals surface area contributed by atoms with E-state index < -0.39 is 0 Å². The van der Waals surface area contributed by atoms with Crippen molar-refractivity contribution in [3.05, 3.63) is 18.2 Å². The summed E-state index contributed by atoms with van der Waals surface area (Å²) in [6.07, 6.45) is 6.75. The van der Waals surface area contributed by atoms with Crippen LogP contribution in [0.3, 0.4) is 0 Å². The third-order valence-electron chi connectivity index (χ3n) is 4.01. The molecule has 3 heteroatoms. The highest BCUT2D eigenvalue weighted by Gasteiger charge is 2.31. The number of hydrogen-bond acceptors (Lipinski definition) is 2. The highest BCUT2D eigenvalue weighted by atomic mass is 16.1. The summed E-state index contributed by atoms with van der Waals surface area (Å²) in [5, 5.41) is 0. The predicted molar refractivity (Wildman–Crippen MR) is 63.2 cm³/mol. The highest BCUT2D eigenvalue weighted by molar-refractivity contribution is 5.94. The first kappa shape index (κ1) is 11.4. The number of imidazole rings is 1. The molecule has 0 N–H and O–H groups in total. The van der Waals surface area contributed by atoms with Gasteiger partial charge in [0.2, 0.25) is 5.78 Å². The normalized spacial score (nSPS) is 30.3. The molecule has 1 aliphatic carbocycles. The van der Waals surface area contributed by atoms with Crippen molar-refractivity contribution in [3.63, 3.8) is 0 Å². The van der Waals surface area contributed by atoms with Crippen LogP contribution in [0.5, 0.6) is 0 Å². The third-order valence-corrected chi connectivity index (χ3v) is 4.01. The van der Waals surface area contributed by atoms with Crippen molar-refractivity contribution in [2.45, 2.75) is 33.1 Å². The number of carbonyl (C=O) groups is 1. The summed E-state index contributed by atoms with van der Waals surface area (Å²) < 4.78 is 1.82. The van der Waals surface area contributed by atoms with Crippen LogP contribution < -0.4 is 0 Å². The number of Topliss-reactive ketones (excluding diaryl/α,β-unsaturated/α-hetero) is 1. The lowest BCUT2D eigenvalue weighted by Crippen LogP contribution is -2.27. The molecule has 1 aliphatic rings. The standard InChI is InChI=1S/C13H20N2O/c1-9-4-5-11(8-10(9)2)12(16)13-14-6-7-15(13)3/h6-7,9-11H,4-5,8H2,1-3H3. The quantitative estimate of drug-likeness (QED) is 0.718. The number of nitrogens with zero attached hydrogens (tertiary/aromatic N) is 2. The van der Waals surface area contributed by atoms with Crippen molar-refractivity contribution in [2.75, 3.05) is 0 Å². The van der Waals surface area contributed by atoms with Crippen LogP contribution in [0.15, 0.2) is 12.4 Å². The lowest BCUT2D eigenvalue weighted by Gasteiger charge is -2.30. The molecule has 16 heavy (non-hydrogen) atoms. The Kier molecular flexibility index (Phi) is 3.13. The molecule has 1 aromatic rings. The van der Waals surface area contributed by atoms with E-state index in [-0.39, 0.29) is 11.7 Å². The van der Waals surface area contributed by atoms with Gasteiger partial charge in [0, 0.05) is 25.4 Å². The lowest BCUT2D eigenvalue weighted by molar-refractivity contribution is 0.0823. The summed E-state index contributed by atoms with van der Waals surface area (Å²) in [6, 6.07) is 0. The molecule has 1 heterocycles. The number of ketones is 1. The molecule has 1 fully saturated rings. The summed E-state index contributed by atoms with van der Waals surface area (Å²) in [4.78, 5) is 16.4. The zero-order valence-electron chi connectivity index (χ0n) is 10.3. The fraction of sp³-hybridized carbons (Fsp3) is 0.692. The Morgan fingerprint density at radius 3 is 2.69 bits per heavy atom. The molecular weight excluding hydrogens is 200 g/mol. The van der Waals surface area contributed by atoms with Gasteiger partial charge >= 0.3 is 0 Å². The molecule has 0 spiro atoms. The van der Waals surface area contributed by atoms with Gasteiger partial charge in [0.1, 0.15) is 0 Å². The van der Waals surface area contributed by atoms with Gasteiger partial charge in [-0.3, -0.25) is 4.79 Å². The molecule has 0 radical (unpaired) electrons. The molecule has 0 amide bonds. The Morgan fingerprint density at radius 1 is 1.38 bits per heavy atom. The van der Waals surface area contributed by atoms with E-state index in [0.29, 0.717) is 11.7 Å². The van der Waals surface area contributed by atoms with Crippen molar-refractivity contribution < 1.29 is 4.79 Å². The van der Waals surface area contributed by atoms with Gasteiger partial charge in [-0.15, -0.1) is 0 Å². The van der Waals surface area contributed by atoms with Gasteiger partial charge in [-0.2, -0.15) is 0 Å². The topological polar surface area (TPSA) is 34.9 Å². The molecule has 0 aromatic carbocycles. The second kappa shape index (κ2) is 4.40. The molecule has 3 unspecified atom stereocenters. The van der Waals surface area contributed by atoms with Gasteiger partial charge in [-0.1, -0.05) is 13.8 Å². The molecule has 0 bridgehead atoms. The van der Waals surface area contributed by atoms with E-state index in [9.17, 15) is 4.79 Å². The van der Waals surface area contributed by atoms with Gasteiger partial charge in [0.05, 0.1) is 0 Å². The zero-order chi connectivity index (χ0) is 11.7. The van der Waals surface area contributed by atoms with E-state index in [2.05, 4.69) is 18.8 Å². The third kappa shape index (κ3) is 2.04. The van der Waals surface area contributed by atoms with Crippen LogP contribution in [0, 0.1) is 17.8 Å². The van der Waals surface area contributed by atoms with Gasteiger partial charge in [0.25, 0.3) is 0 Å². The summed E-state index contributed by atoms with van der Waals surface area (Å²) in [7, 11) is 1.88. The number of rotatable bonds is 2. The molecule has 2 rings (SSSR count). The average Bonchev–Trinajstić information content (AvgIpc) is 2.67. The lowest BCUT2D eigenvalue weighted by atomic mass is 9.74. The predicted octanol–water partition coefficient (Wildman–Crippen LogP) is 2.68. The van der Waals surface area contributed by atoms with Gasteiger partial charge in [0.15, 0.2) is 5.82 Å². The number of carbonyl (C=O) groups excluding carboxylic acids is 1.